The van der Waals surface area contributed by atoms with E-state index in [0.29, 0.717) is 23.6 Å². The molecule has 2 aromatic carbocycles. The standard InChI is InChI=1S/C19H19ClF2N2O2/c1-12(16-9-8-15(21)11-17(16)22)24-18(25)3-2-10-23-19(26)13-4-6-14(20)7-5-13/h4-9,11-12H,2-3,10H2,1H3,(H,23,26)(H,24,25). The average Bonchev–Trinajstić information content (AvgIpc) is 2.59. The van der Waals surface area contributed by atoms with Gasteiger partial charge in [-0.05, 0) is 43.7 Å². The summed E-state index contributed by atoms with van der Waals surface area (Å²) in [4.78, 5) is 23.8. The third kappa shape index (κ3) is 5.81. The minimum Gasteiger partial charge on any atom is -0.352 e. The molecule has 26 heavy (non-hydrogen) atoms. The Kier molecular flexibility index (Phi) is 7.09. The first kappa shape index (κ1) is 19.8. The maximum Gasteiger partial charge on any atom is 0.251 e. The van der Waals surface area contributed by atoms with E-state index >= 15 is 0 Å². The largest absolute Gasteiger partial charge is 0.352 e. The van der Waals surface area contributed by atoms with Crippen molar-refractivity contribution in [1.82, 2.24) is 10.6 Å². The molecular formula is C19H19ClF2N2O2. The molecule has 7 heteroatoms. The van der Waals surface area contributed by atoms with Gasteiger partial charge in [-0.2, -0.15) is 0 Å². The van der Waals surface area contributed by atoms with E-state index in [1.54, 1.807) is 31.2 Å². The van der Waals surface area contributed by atoms with Crippen molar-refractivity contribution in [3.63, 3.8) is 0 Å². The van der Waals surface area contributed by atoms with Gasteiger partial charge in [-0.3, -0.25) is 9.59 Å². The highest BCUT2D eigenvalue weighted by Gasteiger charge is 2.14. The first-order valence-corrected chi connectivity index (χ1v) is 8.52. The highest BCUT2D eigenvalue weighted by Crippen LogP contribution is 2.17. The Morgan fingerprint density at radius 2 is 1.81 bits per heavy atom. The van der Waals surface area contributed by atoms with Gasteiger partial charge in [-0.1, -0.05) is 17.7 Å². The molecule has 0 saturated carbocycles. The van der Waals surface area contributed by atoms with Gasteiger partial charge < -0.3 is 10.6 Å². The number of rotatable bonds is 7. The fourth-order valence-corrected chi connectivity index (χ4v) is 2.52. The number of hydrogen-bond donors (Lipinski definition) is 2. The lowest BCUT2D eigenvalue weighted by Crippen LogP contribution is -2.29. The summed E-state index contributed by atoms with van der Waals surface area (Å²) in [5.74, 6) is -1.89. The molecule has 2 N–H and O–H groups in total. The minimum absolute atomic E-state index is 0.175. The van der Waals surface area contributed by atoms with Crippen LogP contribution in [0.4, 0.5) is 8.78 Å². The van der Waals surface area contributed by atoms with Crippen LogP contribution in [-0.2, 0) is 4.79 Å². The Morgan fingerprint density at radius 1 is 1.12 bits per heavy atom. The number of hydrogen-bond acceptors (Lipinski definition) is 2. The lowest BCUT2D eigenvalue weighted by atomic mass is 10.1. The molecule has 2 amide bonds. The second-order valence-corrected chi connectivity index (χ2v) is 6.26. The first-order chi connectivity index (χ1) is 12.4. The Bertz CT molecular complexity index is 782. The van der Waals surface area contributed by atoms with E-state index in [1.807, 2.05) is 0 Å². The summed E-state index contributed by atoms with van der Waals surface area (Å²) in [7, 11) is 0. The quantitative estimate of drug-likeness (QED) is 0.713. The van der Waals surface area contributed by atoms with Crippen LogP contribution in [0.25, 0.3) is 0 Å². The average molecular weight is 381 g/mol. The van der Waals surface area contributed by atoms with Crippen LogP contribution < -0.4 is 10.6 Å². The molecule has 2 aromatic rings. The zero-order chi connectivity index (χ0) is 19.1. The molecule has 0 radical (unpaired) electrons. The zero-order valence-electron chi connectivity index (χ0n) is 14.2. The topological polar surface area (TPSA) is 58.2 Å². The molecule has 1 atom stereocenters. The predicted molar refractivity (Wildman–Crippen MR) is 95.9 cm³/mol. The summed E-state index contributed by atoms with van der Waals surface area (Å²) in [5, 5.41) is 5.91. The number of nitrogens with one attached hydrogen (secondary N) is 2. The van der Waals surface area contributed by atoms with Gasteiger partial charge >= 0.3 is 0 Å². The van der Waals surface area contributed by atoms with Crippen molar-refractivity contribution in [3.8, 4) is 0 Å². The summed E-state index contributed by atoms with van der Waals surface area (Å²) >= 11 is 5.76. The fraction of sp³-hybridized carbons (Fsp3) is 0.263. The second kappa shape index (κ2) is 9.29. The van der Waals surface area contributed by atoms with Crippen molar-refractivity contribution in [2.24, 2.45) is 0 Å². The summed E-state index contributed by atoms with van der Waals surface area (Å²) < 4.78 is 26.6. The molecule has 0 heterocycles. The molecule has 138 valence electrons. The Labute approximate surface area is 155 Å². The number of carbonyl (C=O) groups is 2. The van der Waals surface area contributed by atoms with Crippen LogP contribution >= 0.6 is 11.6 Å². The van der Waals surface area contributed by atoms with Gasteiger partial charge in [-0.15, -0.1) is 0 Å². The fourth-order valence-electron chi connectivity index (χ4n) is 2.40. The van der Waals surface area contributed by atoms with E-state index in [1.165, 1.54) is 6.07 Å². The van der Waals surface area contributed by atoms with E-state index in [-0.39, 0.29) is 23.8 Å². The van der Waals surface area contributed by atoms with Crippen molar-refractivity contribution in [1.29, 1.82) is 0 Å². The zero-order valence-corrected chi connectivity index (χ0v) is 14.9. The van der Waals surface area contributed by atoms with Crippen LogP contribution in [-0.4, -0.2) is 18.4 Å². The SMILES string of the molecule is CC(NC(=O)CCCNC(=O)c1ccc(Cl)cc1)c1ccc(F)cc1F. The molecule has 1 unspecified atom stereocenters. The molecule has 0 aliphatic rings. The van der Waals surface area contributed by atoms with Gasteiger partial charge in [0.05, 0.1) is 6.04 Å². The van der Waals surface area contributed by atoms with E-state index in [4.69, 9.17) is 11.6 Å². The van der Waals surface area contributed by atoms with Crippen molar-refractivity contribution in [2.75, 3.05) is 6.54 Å². The third-order valence-corrected chi connectivity index (χ3v) is 4.03. The molecule has 0 aliphatic heterocycles. The van der Waals surface area contributed by atoms with E-state index in [2.05, 4.69) is 10.6 Å². The summed E-state index contributed by atoms with van der Waals surface area (Å²) in [5.41, 5.74) is 0.704. The Morgan fingerprint density at radius 3 is 2.46 bits per heavy atom. The van der Waals surface area contributed by atoms with Gasteiger partial charge in [0.1, 0.15) is 11.6 Å². The van der Waals surface area contributed by atoms with Gasteiger partial charge in [0.15, 0.2) is 0 Å². The number of carbonyl (C=O) groups excluding carboxylic acids is 2. The smallest absolute Gasteiger partial charge is 0.251 e. The molecule has 4 nitrogen and oxygen atoms in total. The van der Waals surface area contributed by atoms with Gasteiger partial charge in [0, 0.05) is 35.2 Å². The normalized spacial score (nSPS) is 11.7. The van der Waals surface area contributed by atoms with Gasteiger partial charge in [0.2, 0.25) is 5.91 Å². The maximum absolute atomic E-state index is 13.7. The molecule has 2 rings (SSSR count). The van der Waals surface area contributed by atoms with Crippen LogP contribution in [0.1, 0.15) is 41.7 Å². The third-order valence-electron chi connectivity index (χ3n) is 3.78. The maximum atomic E-state index is 13.7. The molecule has 0 bridgehead atoms. The highest BCUT2D eigenvalue weighted by molar-refractivity contribution is 6.30. The van der Waals surface area contributed by atoms with Crippen molar-refractivity contribution >= 4 is 23.4 Å². The molecule has 0 saturated heterocycles. The Balaban J connectivity index is 1.73. The molecular weight excluding hydrogens is 362 g/mol. The summed E-state index contributed by atoms with van der Waals surface area (Å²) in [6, 6.07) is 9.14. The van der Waals surface area contributed by atoms with Crippen LogP contribution in [0.2, 0.25) is 5.02 Å². The second-order valence-electron chi connectivity index (χ2n) is 5.82. The van der Waals surface area contributed by atoms with Crippen molar-refractivity contribution < 1.29 is 18.4 Å². The van der Waals surface area contributed by atoms with Crippen LogP contribution in [0.5, 0.6) is 0 Å². The first-order valence-electron chi connectivity index (χ1n) is 8.15. The molecule has 0 fully saturated rings. The van der Waals surface area contributed by atoms with Crippen LogP contribution in [0, 0.1) is 11.6 Å². The van der Waals surface area contributed by atoms with Crippen molar-refractivity contribution in [2.45, 2.75) is 25.8 Å². The monoisotopic (exact) mass is 380 g/mol. The summed E-state index contributed by atoms with van der Waals surface area (Å²) in [6.45, 7) is 1.95. The highest BCUT2D eigenvalue weighted by atomic mass is 35.5. The number of halogens is 3. The van der Waals surface area contributed by atoms with Crippen LogP contribution in [0.3, 0.4) is 0 Å². The van der Waals surface area contributed by atoms with Crippen molar-refractivity contribution in [3.05, 3.63) is 70.2 Å². The Hall–Kier alpha value is -2.47. The van der Waals surface area contributed by atoms with E-state index < -0.39 is 17.7 Å². The lowest BCUT2D eigenvalue weighted by Gasteiger charge is -2.15. The van der Waals surface area contributed by atoms with E-state index in [9.17, 15) is 18.4 Å². The lowest BCUT2D eigenvalue weighted by molar-refractivity contribution is -0.121. The number of benzene rings is 2. The number of amides is 2. The van der Waals surface area contributed by atoms with E-state index in [0.717, 1.165) is 12.1 Å². The van der Waals surface area contributed by atoms with Crippen LogP contribution in [0.15, 0.2) is 42.5 Å². The molecule has 0 spiro atoms. The van der Waals surface area contributed by atoms with Gasteiger partial charge in [0.25, 0.3) is 5.91 Å². The minimum atomic E-state index is -0.701. The predicted octanol–water partition coefficient (Wildman–Crippen LogP) is 4.01. The molecule has 0 aliphatic carbocycles. The summed E-state index contributed by atoms with van der Waals surface area (Å²) in [6.07, 6.45) is 0.609. The molecule has 0 aromatic heterocycles. The van der Waals surface area contributed by atoms with Gasteiger partial charge in [-0.25, -0.2) is 8.78 Å².